The first-order valence-electron chi connectivity index (χ1n) is 4.98. The summed E-state index contributed by atoms with van der Waals surface area (Å²) in [6.45, 7) is 5.38. The summed E-state index contributed by atoms with van der Waals surface area (Å²) in [5.74, 6) is -4.08. The molecule has 2 nitrogen and oxygen atoms in total. The lowest BCUT2D eigenvalue weighted by atomic mass is 9.93. The molecular weight excluding hydrogens is 188 g/mol. The van der Waals surface area contributed by atoms with E-state index in [-0.39, 0.29) is 17.7 Å². The van der Waals surface area contributed by atoms with Crippen molar-refractivity contribution >= 4 is 5.91 Å². The molecule has 2 rings (SSSR count). The van der Waals surface area contributed by atoms with Crippen LogP contribution in [0.2, 0.25) is 0 Å². The summed E-state index contributed by atoms with van der Waals surface area (Å²) in [6, 6.07) is 0. The number of rotatable bonds is 1. The highest BCUT2D eigenvalue weighted by Crippen LogP contribution is 2.50. The van der Waals surface area contributed by atoms with Gasteiger partial charge in [0.05, 0.1) is 0 Å². The predicted octanol–water partition coefficient (Wildman–Crippen LogP) is 1.90. The van der Waals surface area contributed by atoms with Crippen LogP contribution >= 0.6 is 0 Å². The third-order valence-corrected chi connectivity index (χ3v) is 3.11. The molecule has 1 aliphatic heterocycles. The van der Waals surface area contributed by atoms with Crippen molar-refractivity contribution in [2.24, 2.45) is 11.3 Å². The molecular formula is C10H15F2NO. The molecule has 80 valence electrons. The Morgan fingerprint density at radius 1 is 1.43 bits per heavy atom. The van der Waals surface area contributed by atoms with E-state index in [1.807, 2.05) is 0 Å². The molecule has 0 spiro atoms. The maximum Gasteiger partial charge on any atom is 0.260 e. The van der Waals surface area contributed by atoms with Crippen molar-refractivity contribution in [1.82, 2.24) is 4.90 Å². The number of halogens is 2. The van der Waals surface area contributed by atoms with E-state index < -0.39 is 11.8 Å². The fourth-order valence-corrected chi connectivity index (χ4v) is 2.00. The fourth-order valence-electron chi connectivity index (χ4n) is 2.00. The molecule has 1 saturated carbocycles. The summed E-state index contributed by atoms with van der Waals surface area (Å²) in [7, 11) is 0. The third-order valence-electron chi connectivity index (χ3n) is 3.11. The Kier molecular flexibility index (Phi) is 1.88. The number of amides is 1. The summed E-state index contributed by atoms with van der Waals surface area (Å²) < 4.78 is 25.3. The molecule has 1 aliphatic carbocycles. The van der Waals surface area contributed by atoms with Crippen LogP contribution in [0.3, 0.4) is 0 Å². The number of hydrogen-bond donors (Lipinski definition) is 0. The van der Waals surface area contributed by atoms with Gasteiger partial charge in [0.25, 0.3) is 5.92 Å². The van der Waals surface area contributed by atoms with Crippen molar-refractivity contribution in [2.75, 3.05) is 13.1 Å². The number of carbonyl (C=O) groups is 1. The Labute approximate surface area is 82.3 Å². The Hall–Kier alpha value is -0.670. The molecule has 0 aromatic carbocycles. The predicted molar refractivity (Wildman–Crippen MR) is 48.0 cm³/mol. The van der Waals surface area contributed by atoms with E-state index in [1.54, 1.807) is 4.90 Å². The van der Waals surface area contributed by atoms with Crippen molar-refractivity contribution in [3.63, 3.8) is 0 Å². The molecule has 0 radical (unpaired) electrons. The monoisotopic (exact) mass is 203 g/mol. The van der Waals surface area contributed by atoms with Gasteiger partial charge in [0.2, 0.25) is 5.91 Å². The standard InChI is InChI=1S/C10H15F2NO/c1-9(2)3-4-13(6-9)8(14)7-5-10(7,11)12/h7H,3-6H2,1-2H3/t7-/m1/s1. The van der Waals surface area contributed by atoms with Gasteiger partial charge < -0.3 is 4.90 Å². The lowest BCUT2D eigenvalue weighted by Gasteiger charge is -2.19. The van der Waals surface area contributed by atoms with E-state index in [0.29, 0.717) is 13.1 Å². The highest BCUT2D eigenvalue weighted by molar-refractivity contribution is 5.83. The molecule has 0 unspecified atom stereocenters. The molecule has 1 saturated heterocycles. The van der Waals surface area contributed by atoms with Gasteiger partial charge in [-0.25, -0.2) is 8.78 Å². The molecule has 1 amide bonds. The minimum Gasteiger partial charge on any atom is -0.342 e. The van der Waals surface area contributed by atoms with Gasteiger partial charge in [-0.2, -0.15) is 0 Å². The van der Waals surface area contributed by atoms with E-state index >= 15 is 0 Å². The van der Waals surface area contributed by atoms with Crippen LogP contribution in [0.4, 0.5) is 8.78 Å². The smallest absolute Gasteiger partial charge is 0.260 e. The highest BCUT2D eigenvalue weighted by Gasteiger charge is 2.62. The average molecular weight is 203 g/mol. The van der Waals surface area contributed by atoms with Crippen molar-refractivity contribution in [3.8, 4) is 0 Å². The normalized spacial score (nSPS) is 33.1. The second kappa shape index (κ2) is 2.67. The third kappa shape index (κ3) is 1.62. The zero-order valence-electron chi connectivity index (χ0n) is 8.52. The number of nitrogens with zero attached hydrogens (tertiary/aromatic N) is 1. The molecule has 14 heavy (non-hydrogen) atoms. The Balaban J connectivity index is 1.95. The van der Waals surface area contributed by atoms with Crippen molar-refractivity contribution in [3.05, 3.63) is 0 Å². The molecule has 0 N–H and O–H groups in total. The van der Waals surface area contributed by atoms with E-state index in [4.69, 9.17) is 0 Å². The largest absolute Gasteiger partial charge is 0.342 e. The average Bonchev–Trinajstić information content (AvgIpc) is 2.50. The SMILES string of the molecule is CC1(C)CCN(C(=O)[C@H]2CC2(F)F)C1. The van der Waals surface area contributed by atoms with Crippen LogP contribution in [0, 0.1) is 11.3 Å². The molecule has 2 aliphatic rings. The summed E-state index contributed by atoms with van der Waals surface area (Å²) in [5.41, 5.74) is 0.0971. The minimum absolute atomic E-state index is 0.0971. The summed E-state index contributed by atoms with van der Waals surface area (Å²) in [4.78, 5) is 13.1. The van der Waals surface area contributed by atoms with Crippen LogP contribution in [-0.4, -0.2) is 29.8 Å². The number of hydrogen-bond acceptors (Lipinski definition) is 1. The Morgan fingerprint density at radius 3 is 2.36 bits per heavy atom. The summed E-state index contributed by atoms with van der Waals surface area (Å²) >= 11 is 0. The minimum atomic E-state index is -2.72. The van der Waals surface area contributed by atoms with Crippen LogP contribution in [0.1, 0.15) is 26.7 Å². The van der Waals surface area contributed by atoms with Crippen molar-refractivity contribution in [1.29, 1.82) is 0 Å². The topological polar surface area (TPSA) is 20.3 Å². The maximum atomic E-state index is 12.6. The maximum absolute atomic E-state index is 12.6. The molecule has 0 aromatic rings. The molecule has 2 fully saturated rings. The second-order valence-corrected chi connectivity index (χ2v) is 5.19. The lowest BCUT2D eigenvalue weighted by Crippen LogP contribution is -2.32. The van der Waals surface area contributed by atoms with Crippen LogP contribution < -0.4 is 0 Å². The van der Waals surface area contributed by atoms with Crippen LogP contribution in [0.5, 0.6) is 0 Å². The Bertz CT molecular complexity index is 275. The highest BCUT2D eigenvalue weighted by atomic mass is 19.3. The van der Waals surface area contributed by atoms with Gasteiger partial charge in [-0.15, -0.1) is 0 Å². The fraction of sp³-hybridized carbons (Fsp3) is 0.900. The van der Waals surface area contributed by atoms with Crippen LogP contribution in [0.25, 0.3) is 0 Å². The van der Waals surface area contributed by atoms with Gasteiger partial charge in [-0.3, -0.25) is 4.79 Å². The van der Waals surface area contributed by atoms with Gasteiger partial charge >= 0.3 is 0 Å². The molecule has 1 atom stereocenters. The van der Waals surface area contributed by atoms with Crippen molar-refractivity contribution < 1.29 is 13.6 Å². The van der Waals surface area contributed by atoms with E-state index in [1.165, 1.54) is 0 Å². The lowest BCUT2D eigenvalue weighted by molar-refractivity contribution is -0.134. The van der Waals surface area contributed by atoms with E-state index in [2.05, 4.69) is 13.8 Å². The zero-order chi connectivity index (χ0) is 10.6. The molecule has 1 heterocycles. The number of carbonyl (C=O) groups excluding carboxylic acids is 1. The molecule has 4 heteroatoms. The van der Waals surface area contributed by atoms with Gasteiger partial charge in [-0.05, 0) is 11.8 Å². The first kappa shape index (κ1) is 9.87. The van der Waals surface area contributed by atoms with Crippen LogP contribution in [-0.2, 0) is 4.79 Å². The van der Waals surface area contributed by atoms with Crippen LogP contribution in [0.15, 0.2) is 0 Å². The molecule has 0 bridgehead atoms. The van der Waals surface area contributed by atoms with E-state index in [0.717, 1.165) is 6.42 Å². The summed E-state index contributed by atoms with van der Waals surface area (Å²) in [6.07, 6.45) is 0.666. The van der Waals surface area contributed by atoms with Gasteiger partial charge in [0.1, 0.15) is 5.92 Å². The van der Waals surface area contributed by atoms with Gasteiger partial charge in [0.15, 0.2) is 0 Å². The second-order valence-electron chi connectivity index (χ2n) is 5.19. The Morgan fingerprint density at radius 2 is 2.00 bits per heavy atom. The van der Waals surface area contributed by atoms with Crippen molar-refractivity contribution in [2.45, 2.75) is 32.6 Å². The summed E-state index contributed by atoms with van der Waals surface area (Å²) in [5, 5.41) is 0. The first-order valence-corrected chi connectivity index (χ1v) is 4.98. The zero-order valence-corrected chi connectivity index (χ0v) is 8.52. The number of likely N-dealkylation sites (tertiary alicyclic amines) is 1. The number of alkyl halides is 2. The first-order chi connectivity index (χ1) is 6.32. The molecule has 0 aromatic heterocycles. The van der Waals surface area contributed by atoms with Gasteiger partial charge in [0, 0.05) is 19.5 Å². The quantitative estimate of drug-likeness (QED) is 0.637. The van der Waals surface area contributed by atoms with Gasteiger partial charge in [-0.1, -0.05) is 13.8 Å². The van der Waals surface area contributed by atoms with E-state index in [9.17, 15) is 13.6 Å².